The molecule has 0 N–H and O–H groups in total. The van der Waals surface area contributed by atoms with Crippen molar-refractivity contribution in [1.82, 2.24) is 0 Å². The standard InChI is InChI=1S/C11H16O2/c1-10(2)5-8-4-9(12)13-7-11(8,3)6-10/h4H,5-7H2,1-3H3/t11-/m0/s1. The van der Waals surface area contributed by atoms with Gasteiger partial charge in [-0.2, -0.15) is 0 Å². The lowest BCUT2D eigenvalue weighted by Gasteiger charge is -2.29. The summed E-state index contributed by atoms with van der Waals surface area (Å²) in [4.78, 5) is 11.1. The van der Waals surface area contributed by atoms with Gasteiger partial charge in [0, 0.05) is 11.5 Å². The third-order valence-corrected chi connectivity index (χ3v) is 3.14. The molecular weight excluding hydrogens is 164 g/mol. The van der Waals surface area contributed by atoms with E-state index in [2.05, 4.69) is 20.8 Å². The van der Waals surface area contributed by atoms with Crippen LogP contribution in [0.1, 0.15) is 33.6 Å². The van der Waals surface area contributed by atoms with Crippen LogP contribution in [0.2, 0.25) is 0 Å². The zero-order valence-electron chi connectivity index (χ0n) is 8.52. The molecule has 72 valence electrons. The highest BCUT2D eigenvalue weighted by Gasteiger charge is 2.46. The lowest BCUT2D eigenvalue weighted by Crippen LogP contribution is -2.28. The van der Waals surface area contributed by atoms with Crippen molar-refractivity contribution >= 4 is 5.97 Å². The smallest absolute Gasteiger partial charge is 0.330 e. The molecule has 0 amide bonds. The van der Waals surface area contributed by atoms with Crippen molar-refractivity contribution in [3.63, 3.8) is 0 Å². The highest BCUT2D eigenvalue weighted by atomic mass is 16.5. The first kappa shape index (κ1) is 8.79. The lowest BCUT2D eigenvalue weighted by atomic mass is 9.81. The molecule has 1 heterocycles. The summed E-state index contributed by atoms with van der Waals surface area (Å²) in [6, 6.07) is 0. The van der Waals surface area contributed by atoms with E-state index in [-0.39, 0.29) is 11.4 Å². The zero-order valence-corrected chi connectivity index (χ0v) is 8.52. The Hall–Kier alpha value is -0.790. The summed E-state index contributed by atoms with van der Waals surface area (Å²) >= 11 is 0. The number of hydrogen-bond acceptors (Lipinski definition) is 2. The molecule has 1 fully saturated rings. The zero-order chi connectivity index (χ0) is 9.69. The van der Waals surface area contributed by atoms with E-state index in [9.17, 15) is 4.79 Å². The number of ether oxygens (including phenoxy) is 1. The molecule has 0 bridgehead atoms. The van der Waals surface area contributed by atoms with E-state index < -0.39 is 0 Å². The summed E-state index contributed by atoms with van der Waals surface area (Å²) in [5, 5.41) is 0. The van der Waals surface area contributed by atoms with Gasteiger partial charge in [0.25, 0.3) is 0 Å². The van der Waals surface area contributed by atoms with Crippen LogP contribution in [0, 0.1) is 10.8 Å². The molecule has 0 saturated heterocycles. The lowest BCUT2D eigenvalue weighted by molar-refractivity contribution is -0.142. The van der Waals surface area contributed by atoms with Crippen molar-refractivity contribution in [1.29, 1.82) is 0 Å². The van der Waals surface area contributed by atoms with E-state index >= 15 is 0 Å². The van der Waals surface area contributed by atoms with E-state index in [1.165, 1.54) is 5.57 Å². The summed E-state index contributed by atoms with van der Waals surface area (Å²) in [5.74, 6) is -0.162. The van der Waals surface area contributed by atoms with Crippen molar-refractivity contribution in [2.75, 3.05) is 6.61 Å². The third-order valence-electron chi connectivity index (χ3n) is 3.14. The van der Waals surface area contributed by atoms with Crippen LogP contribution in [0.15, 0.2) is 11.6 Å². The fourth-order valence-corrected chi connectivity index (χ4v) is 2.74. The van der Waals surface area contributed by atoms with Crippen LogP contribution in [0.3, 0.4) is 0 Å². The van der Waals surface area contributed by atoms with Crippen molar-refractivity contribution in [2.45, 2.75) is 33.6 Å². The molecule has 1 atom stereocenters. The molecule has 0 unspecified atom stereocenters. The van der Waals surface area contributed by atoms with Crippen LogP contribution >= 0.6 is 0 Å². The quantitative estimate of drug-likeness (QED) is 0.535. The highest BCUT2D eigenvalue weighted by Crippen LogP contribution is 2.53. The first-order chi connectivity index (χ1) is 5.91. The summed E-state index contributed by atoms with van der Waals surface area (Å²) in [7, 11) is 0. The molecule has 13 heavy (non-hydrogen) atoms. The van der Waals surface area contributed by atoms with Crippen molar-refractivity contribution in [3.05, 3.63) is 11.6 Å². The maximum absolute atomic E-state index is 11.1. The summed E-state index contributed by atoms with van der Waals surface area (Å²) in [5.41, 5.74) is 1.74. The summed E-state index contributed by atoms with van der Waals surface area (Å²) in [6.07, 6.45) is 3.86. The fraction of sp³-hybridized carbons (Fsp3) is 0.727. The maximum atomic E-state index is 11.1. The van der Waals surface area contributed by atoms with E-state index in [1.807, 2.05) is 0 Å². The SMILES string of the molecule is CC1(C)CC2=CC(=O)OC[C@]2(C)C1. The number of fused-ring (bicyclic) bond motifs is 1. The van der Waals surface area contributed by atoms with Gasteiger partial charge in [-0.15, -0.1) is 0 Å². The fourth-order valence-electron chi connectivity index (χ4n) is 2.74. The van der Waals surface area contributed by atoms with Gasteiger partial charge in [-0.05, 0) is 18.3 Å². The van der Waals surface area contributed by atoms with Crippen LogP contribution in [0.25, 0.3) is 0 Å². The predicted molar refractivity (Wildman–Crippen MR) is 50.2 cm³/mol. The van der Waals surface area contributed by atoms with Crippen molar-refractivity contribution in [2.24, 2.45) is 10.8 Å². The molecule has 0 aromatic rings. The molecule has 1 saturated carbocycles. The van der Waals surface area contributed by atoms with Gasteiger partial charge in [-0.1, -0.05) is 26.3 Å². The van der Waals surface area contributed by atoms with Gasteiger partial charge < -0.3 is 4.74 Å². The molecule has 2 rings (SSSR count). The van der Waals surface area contributed by atoms with Crippen LogP contribution in [0.5, 0.6) is 0 Å². The van der Waals surface area contributed by atoms with E-state index in [1.54, 1.807) is 6.08 Å². The second kappa shape index (κ2) is 2.37. The van der Waals surface area contributed by atoms with E-state index in [4.69, 9.17) is 4.74 Å². The first-order valence-electron chi connectivity index (χ1n) is 4.79. The summed E-state index contributed by atoms with van der Waals surface area (Å²) in [6.45, 7) is 7.27. The normalized spacial score (nSPS) is 36.5. The van der Waals surface area contributed by atoms with E-state index in [0.717, 1.165) is 12.8 Å². The van der Waals surface area contributed by atoms with Crippen LogP contribution < -0.4 is 0 Å². The monoisotopic (exact) mass is 180 g/mol. The summed E-state index contributed by atoms with van der Waals surface area (Å²) < 4.78 is 5.07. The maximum Gasteiger partial charge on any atom is 0.330 e. The Bertz CT molecular complexity index is 288. The van der Waals surface area contributed by atoms with Gasteiger partial charge in [-0.3, -0.25) is 0 Å². The molecule has 0 radical (unpaired) electrons. The average Bonchev–Trinajstić information content (AvgIpc) is 2.18. The molecule has 2 aliphatic rings. The second-order valence-electron chi connectivity index (χ2n) is 5.36. The van der Waals surface area contributed by atoms with Gasteiger partial charge >= 0.3 is 5.97 Å². The minimum atomic E-state index is -0.162. The number of carbonyl (C=O) groups is 1. The largest absolute Gasteiger partial charge is 0.462 e. The number of cyclic esters (lactones) is 1. The Morgan fingerprint density at radius 3 is 2.77 bits per heavy atom. The van der Waals surface area contributed by atoms with Crippen LogP contribution in [0.4, 0.5) is 0 Å². The van der Waals surface area contributed by atoms with Gasteiger partial charge in [0.05, 0.1) is 0 Å². The van der Waals surface area contributed by atoms with Crippen molar-refractivity contribution < 1.29 is 9.53 Å². The van der Waals surface area contributed by atoms with Crippen LogP contribution in [-0.4, -0.2) is 12.6 Å². The molecule has 1 aliphatic carbocycles. The number of hydrogen-bond donors (Lipinski definition) is 0. The Balaban J connectivity index is 2.36. The van der Waals surface area contributed by atoms with E-state index in [0.29, 0.717) is 12.0 Å². The van der Waals surface area contributed by atoms with Crippen LogP contribution in [-0.2, 0) is 9.53 Å². The molecule has 0 aromatic carbocycles. The number of esters is 1. The van der Waals surface area contributed by atoms with Crippen molar-refractivity contribution in [3.8, 4) is 0 Å². The Labute approximate surface area is 79.0 Å². The molecule has 0 aromatic heterocycles. The van der Waals surface area contributed by atoms with Gasteiger partial charge in [0.15, 0.2) is 0 Å². The van der Waals surface area contributed by atoms with Gasteiger partial charge in [0.2, 0.25) is 0 Å². The Kier molecular flexibility index (Phi) is 1.60. The first-order valence-corrected chi connectivity index (χ1v) is 4.79. The molecule has 0 spiro atoms. The second-order valence-corrected chi connectivity index (χ2v) is 5.36. The average molecular weight is 180 g/mol. The third kappa shape index (κ3) is 1.38. The Morgan fingerprint density at radius 1 is 1.38 bits per heavy atom. The topological polar surface area (TPSA) is 26.3 Å². The number of rotatable bonds is 0. The van der Waals surface area contributed by atoms with Gasteiger partial charge in [-0.25, -0.2) is 4.79 Å². The molecular formula is C11H16O2. The number of carbonyl (C=O) groups excluding carboxylic acids is 1. The minimum Gasteiger partial charge on any atom is -0.462 e. The highest BCUT2D eigenvalue weighted by molar-refractivity contribution is 5.84. The molecule has 1 aliphatic heterocycles. The minimum absolute atomic E-state index is 0.122. The van der Waals surface area contributed by atoms with Gasteiger partial charge in [0.1, 0.15) is 6.61 Å². The molecule has 2 nitrogen and oxygen atoms in total. The molecule has 2 heteroatoms. The Morgan fingerprint density at radius 2 is 2.08 bits per heavy atom. The predicted octanol–water partition coefficient (Wildman–Crippen LogP) is 2.30.